The van der Waals surface area contributed by atoms with E-state index in [0.29, 0.717) is 10.6 Å². The molecule has 28 heavy (non-hydrogen) atoms. The third kappa shape index (κ3) is 3.52. The van der Waals surface area contributed by atoms with Crippen LogP contribution >= 0.6 is 23.4 Å². The Morgan fingerprint density at radius 1 is 1.00 bits per heavy atom. The quantitative estimate of drug-likeness (QED) is 0.299. The average molecular weight is 409 g/mol. The zero-order chi connectivity index (χ0) is 19.7. The lowest BCUT2D eigenvalue weighted by Crippen LogP contribution is -2.26. The SMILES string of the molecule is O=C(/C=C/c1ccc([N+](=O)[O-])cc1)N1c2ccccc2Sc2ccc(Cl)cc21. The van der Waals surface area contributed by atoms with E-state index in [-0.39, 0.29) is 11.6 Å². The van der Waals surface area contributed by atoms with Crippen LogP contribution in [0.4, 0.5) is 17.1 Å². The first-order valence-corrected chi connectivity index (χ1v) is 9.55. The van der Waals surface area contributed by atoms with Gasteiger partial charge in [0.25, 0.3) is 11.6 Å². The molecule has 5 nitrogen and oxygen atoms in total. The number of carbonyl (C=O) groups is 1. The van der Waals surface area contributed by atoms with Crippen molar-refractivity contribution in [2.24, 2.45) is 0 Å². The molecule has 0 spiro atoms. The minimum absolute atomic E-state index is 0.00836. The second-order valence-corrected chi connectivity index (χ2v) is 7.56. The van der Waals surface area contributed by atoms with Crippen LogP contribution in [0.2, 0.25) is 5.02 Å². The Morgan fingerprint density at radius 2 is 1.71 bits per heavy atom. The summed E-state index contributed by atoms with van der Waals surface area (Å²) in [5, 5.41) is 11.3. The second-order valence-electron chi connectivity index (χ2n) is 6.04. The Hall–Kier alpha value is -3.09. The lowest BCUT2D eigenvalue weighted by Gasteiger charge is -2.30. The molecule has 3 aromatic carbocycles. The van der Waals surface area contributed by atoms with Crippen molar-refractivity contribution in [3.8, 4) is 0 Å². The van der Waals surface area contributed by atoms with Gasteiger partial charge in [-0.05, 0) is 54.1 Å². The predicted octanol–water partition coefficient (Wildman–Crippen LogP) is 6.09. The van der Waals surface area contributed by atoms with Crippen LogP contribution in [0.15, 0.2) is 82.6 Å². The van der Waals surface area contributed by atoms with Gasteiger partial charge in [-0.1, -0.05) is 35.5 Å². The number of rotatable bonds is 3. The third-order valence-electron chi connectivity index (χ3n) is 4.23. The van der Waals surface area contributed by atoms with Gasteiger partial charge in [-0.15, -0.1) is 0 Å². The molecule has 138 valence electrons. The number of anilines is 2. The van der Waals surface area contributed by atoms with Gasteiger partial charge in [0.15, 0.2) is 0 Å². The standard InChI is InChI=1S/C21H13ClN2O3S/c22-15-8-11-20-18(13-15)23(17-3-1-2-4-19(17)28-20)21(25)12-7-14-5-9-16(10-6-14)24(26)27/h1-13H/b12-7+. The summed E-state index contributed by atoms with van der Waals surface area (Å²) in [5.74, 6) is -0.227. The van der Waals surface area contributed by atoms with Gasteiger partial charge in [0.05, 0.1) is 16.3 Å². The molecule has 0 unspecified atom stereocenters. The molecule has 0 saturated carbocycles. The predicted molar refractivity (Wildman–Crippen MR) is 111 cm³/mol. The molecule has 1 amide bonds. The minimum atomic E-state index is -0.457. The van der Waals surface area contributed by atoms with E-state index >= 15 is 0 Å². The molecule has 0 N–H and O–H groups in total. The van der Waals surface area contributed by atoms with E-state index in [0.717, 1.165) is 21.2 Å². The number of nitro groups is 1. The summed E-state index contributed by atoms with van der Waals surface area (Å²) in [5.41, 5.74) is 2.23. The number of fused-ring (bicyclic) bond motifs is 2. The van der Waals surface area contributed by atoms with Gasteiger partial charge in [0.2, 0.25) is 0 Å². The Balaban J connectivity index is 1.69. The van der Waals surface area contributed by atoms with Gasteiger partial charge in [-0.2, -0.15) is 0 Å². The number of hydrogen-bond donors (Lipinski definition) is 0. The van der Waals surface area contributed by atoms with E-state index in [2.05, 4.69) is 0 Å². The molecule has 0 atom stereocenters. The number of non-ortho nitro benzene ring substituents is 1. The van der Waals surface area contributed by atoms with Crippen LogP contribution in [0.3, 0.4) is 0 Å². The molecule has 0 aromatic heterocycles. The summed E-state index contributed by atoms with van der Waals surface area (Å²) in [4.78, 5) is 26.9. The van der Waals surface area contributed by atoms with Crippen LogP contribution in [0.5, 0.6) is 0 Å². The van der Waals surface area contributed by atoms with E-state index in [9.17, 15) is 14.9 Å². The lowest BCUT2D eigenvalue weighted by atomic mass is 10.1. The number of amides is 1. The highest BCUT2D eigenvalue weighted by Gasteiger charge is 2.27. The van der Waals surface area contributed by atoms with Crippen LogP contribution < -0.4 is 4.90 Å². The molecule has 1 aliphatic rings. The van der Waals surface area contributed by atoms with Crippen LogP contribution in [0.25, 0.3) is 6.08 Å². The number of carbonyl (C=O) groups excluding carboxylic acids is 1. The Bertz CT molecular complexity index is 1110. The molecule has 0 saturated heterocycles. The molecule has 7 heteroatoms. The summed E-state index contributed by atoms with van der Waals surface area (Å²) in [7, 11) is 0. The van der Waals surface area contributed by atoms with E-state index in [1.54, 1.807) is 47.0 Å². The fourth-order valence-electron chi connectivity index (χ4n) is 2.91. The van der Waals surface area contributed by atoms with Crippen molar-refractivity contribution < 1.29 is 9.72 Å². The Labute approximate surface area is 170 Å². The highest BCUT2D eigenvalue weighted by molar-refractivity contribution is 7.99. The molecule has 1 aliphatic heterocycles. The average Bonchev–Trinajstić information content (AvgIpc) is 2.70. The summed E-state index contributed by atoms with van der Waals surface area (Å²) >= 11 is 7.76. The molecule has 0 aliphatic carbocycles. The maximum Gasteiger partial charge on any atom is 0.269 e. The van der Waals surface area contributed by atoms with E-state index < -0.39 is 4.92 Å². The fourth-order valence-corrected chi connectivity index (χ4v) is 4.12. The van der Waals surface area contributed by atoms with E-state index in [1.807, 2.05) is 30.3 Å². The van der Waals surface area contributed by atoms with Crippen molar-refractivity contribution >= 4 is 52.4 Å². The minimum Gasteiger partial charge on any atom is -0.275 e. The summed E-state index contributed by atoms with van der Waals surface area (Å²) in [6.07, 6.45) is 3.10. The van der Waals surface area contributed by atoms with Crippen molar-refractivity contribution in [1.29, 1.82) is 0 Å². The number of nitro benzene ring substituents is 1. The molecule has 0 bridgehead atoms. The molecule has 0 radical (unpaired) electrons. The third-order valence-corrected chi connectivity index (χ3v) is 5.60. The zero-order valence-electron chi connectivity index (χ0n) is 14.4. The van der Waals surface area contributed by atoms with Crippen molar-refractivity contribution in [2.45, 2.75) is 9.79 Å². The largest absolute Gasteiger partial charge is 0.275 e. The maximum atomic E-state index is 13.1. The van der Waals surface area contributed by atoms with Gasteiger partial charge in [-0.3, -0.25) is 19.8 Å². The molecule has 0 fully saturated rings. The molecule has 1 heterocycles. The summed E-state index contributed by atoms with van der Waals surface area (Å²) in [6, 6.07) is 19.2. The molecule has 3 aromatic rings. The number of halogens is 1. The molecular weight excluding hydrogens is 396 g/mol. The monoisotopic (exact) mass is 408 g/mol. The van der Waals surface area contributed by atoms with E-state index in [1.165, 1.54) is 18.2 Å². The highest BCUT2D eigenvalue weighted by atomic mass is 35.5. The second kappa shape index (κ2) is 7.50. The van der Waals surface area contributed by atoms with Crippen LogP contribution in [0, 0.1) is 10.1 Å². The van der Waals surface area contributed by atoms with Crippen molar-refractivity contribution in [3.05, 3.63) is 93.5 Å². The number of hydrogen-bond acceptors (Lipinski definition) is 4. The van der Waals surface area contributed by atoms with Gasteiger partial charge in [-0.25, -0.2) is 0 Å². The van der Waals surface area contributed by atoms with E-state index in [4.69, 9.17) is 11.6 Å². The van der Waals surface area contributed by atoms with Gasteiger partial charge >= 0.3 is 0 Å². The van der Waals surface area contributed by atoms with Crippen LogP contribution in [-0.2, 0) is 4.79 Å². The van der Waals surface area contributed by atoms with Gasteiger partial charge in [0.1, 0.15) is 0 Å². The fraction of sp³-hybridized carbons (Fsp3) is 0. The Kier molecular flexibility index (Phi) is 4.90. The first-order chi connectivity index (χ1) is 13.5. The molecule has 4 rings (SSSR count). The highest BCUT2D eigenvalue weighted by Crippen LogP contribution is 2.48. The first kappa shape index (κ1) is 18.3. The number of para-hydroxylation sites is 1. The smallest absolute Gasteiger partial charge is 0.269 e. The Morgan fingerprint density at radius 3 is 2.46 bits per heavy atom. The van der Waals surface area contributed by atoms with Gasteiger partial charge in [0, 0.05) is 33.0 Å². The number of benzene rings is 3. The summed E-state index contributed by atoms with van der Waals surface area (Å²) in [6.45, 7) is 0. The van der Waals surface area contributed by atoms with Crippen molar-refractivity contribution in [2.75, 3.05) is 4.90 Å². The zero-order valence-corrected chi connectivity index (χ0v) is 16.0. The van der Waals surface area contributed by atoms with Crippen LogP contribution in [-0.4, -0.2) is 10.8 Å². The van der Waals surface area contributed by atoms with Crippen LogP contribution in [0.1, 0.15) is 5.56 Å². The normalized spacial score (nSPS) is 12.5. The maximum absolute atomic E-state index is 13.1. The van der Waals surface area contributed by atoms with Crippen molar-refractivity contribution in [1.82, 2.24) is 0 Å². The first-order valence-electron chi connectivity index (χ1n) is 8.36. The van der Waals surface area contributed by atoms with Gasteiger partial charge < -0.3 is 0 Å². The van der Waals surface area contributed by atoms with Crippen molar-refractivity contribution in [3.63, 3.8) is 0 Å². The molecular formula is C21H13ClN2O3S. The number of nitrogens with zero attached hydrogens (tertiary/aromatic N) is 2. The topological polar surface area (TPSA) is 63.4 Å². The summed E-state index contributed by atoms with van der Waals surface area (Å²) < 4.78 is 0. The lowest BCUT2D eigenvalue weighted by molar-refractivity contribution is -0.384.